The average Bonchev–Trinajstić information content (AvgIpc) is 3.23. The molecule has 8 nitrogen and oxygen atoms in total. The highest BCUT2D eigenvalue weighted by Gasteiger charge is 2.36. The van der Waals surface area contributed by atoms with Gasteiger partial charge in [-0.15, -0.1) is 0 Å². The van der Waals surface area contributed by atoms with Crippen LogP contribution in [0.5, 0.6) is 23.0 Å². The topological polar surface area (TPSA) is 86.3 Å². The van der Waals surface area contributed by atoms with E-state index in [4.69, 9.17) is 18.9 Å². The van der Waals surface area contributed by atoms with Gasteiger partial charge in [0.25, 0.3) is 11.8 Å². The molecule has 2 aliphatic rings. The molecule has 2 amide bonds. The van der Waals surface area contributed by atoms with Gasteiger partial charge in [0.1, 0.15) is 5.75 Å². The minimum atomic E-state index is -0.232. The summed E-state index contributed by atoms with van der Waals surface area (Å²) in [6.45, 7) is 0.825. The van der Waals surface area contributed by atoms with Crippen molar-refractivity contribution < 1.29 is 28.5 Å². The quantitative estimate of drug-likeness (QED) is 0.829. The van der Waals surface area contributed by atoms with Crippen molar-refractivity contribution in [1.29, 1.82) is 0 Å². The summed E-state index contributed by atoms with van der Waals surface area (Å²) >= 11 is 0. The summed E-state index contributed by atoms with van der Waals surface area (Å²) < 4.78 is 21.9. The van der Waals surface area contributed by atoms with Crippen molar-refractivity contribution >= 4 is 11.8 Å². The van der Waals surface area contributed by atoms with Crippen LogP contribution in [0.15, 0.2) is 24.3 Å². The fraction of sp³-hybridized carbons (Fsp3) is 0.333. The van der Waals surface area contributed by atoms with Gasteiger partial charge in [0.15, 0.2) is 11.5 Å². The monoisotopic (exact) mass is 398 g/mol. The minimum Gasteiger partial charge on any atom is -0.497 e. The fourth-order valence-corrected chi connectivity index (χ4v) is 3.68. The first-order valence-electron chi connectivity index (χ1n) is 9.24. The van der Waals surface area contributed by atoms with Gasteiger partial charge in [0, 0.05) is 31.3 Å². The number of amides is 2. The molecule has 0 radical (unpaired) electrons. The molecule has 2 aliphatic heterocycles. The van der Waals surface area contributed by atoms with Crippen molar-refractivity contribution in [2.24, 2.45) is 0 Å². The van der Waals surface area contributed by atoms with Crippen LogP contribution in [-0.4, -0.2) is 51.3 Å². The Labute approximate surface area is 168 Å². The molecule has 2 heterocycles. The molecule has 0 spiro atoms. The van der Waals surface area contributed by atoms with Crippen molar-refractivity contribution in [1.82, 2.24) is 10.2 Å². The lowest BCUT2D eigenvalue weighted by molar-refractivity contribution is 0.0775. The van der Waals surface area contributed by atoms with Crippen LogP contribution in [0.4, 0.5) is 0 Å². The number of fused-ring (bicyclic) bond motifs is 2. The van der Waals surface area contributed by atoms with Crippen LogP contribution in [-0.2, 0) is 13.0 Å². The number of nitrogens with one attached hydrogen (secondary N) is 1. The molecular formula is C21H22N2O6. The van der Waals surface area contributed by atoms with E-state index in [-0.39, 0.29) is 25.2 Å². The Bertz CT molecular complexity index is 970. The van der Waals surface area contributed by atoms with E-state index in [9.17, 15) is 9.59 Å². The van der Waals surface area contributed by atoms with Crippen LogP contribution in [0.1, 0.15) is 31.8 Å². The highest BCUT2D eigenvalue weighted by Crippen LogP contribution is 2.49. The van der Waals surface area contributed by atoms with Gasteiger partial charge in [-0.2, -0.15) is 0 Å². The van der Waals surface area contributed by atoms with Crippen LogP contribution in [0.3, 0.4) is 0 Å². The van der Waals surface area contributed by atoms with Gasteiger partial charge in [-0.05, 0) is 36.2 Å². The standard InChI is InChI=1S/C21H22N2O6/c1-23-9-8-14-15(10-22-20(24)12-4-6-13(26-2)7-5-12)17-19(29-11-28-17)18(27-3)16(14)21(23)25/h4-7H,8-11H2,1-3H3,(H,22,24). The number of ether oxygens (including phenoxy) is 4. The smallest absolute Gasteiger partial charge is 0.257 e. The lowest BCUT2D eigenvalue weighted by Crippen LogP contribution is -2.36. The summed E-state index contributed by atoms with van der Waals surface area (Å²) in [5.74, 6) is 1.62. The molecular weight excluding hydrogens is 376 g/mol. The second-order valence-electron chi connectivity index (χ2n) is 6.82. The third-order valence-electron chi connectivity index (χ3n) is 5.23. The van der Waals surface area contributed by atoms with Gasteiger partial charge in [0.2, 0.25) is 12.5 Å². The molecule has 2 aromatic carbocycles. The number of hydrogen-bond donors (Lipinski definition) is 1. The van der Waals surface area contributed by atoms with E-state index in [0.29, 0.717) is 47.1 Å². The van der Waals surface area contributed by atoms with Gasteiger partial charge < -0.3 is 29.2 Å². The number of benzene rings is 2. The molecule has 8 heteroatoms. The van der Waals surface area contributed by atoms with Crippen LogP contribution < -0.4 is 24.3 Å². The van der Waals surface area contributed by atoms with E-state index >= 15 is 0 Å². The Morgan fingerprint density at radius 3 is 2.55 bits per heavy atom. The number of methoxy groups -OCH3 is 2. The van der Waals surface area contributed by atoms with Crippen molar-refractivity contribution in [3.63, 3.8) is 0 Å². The molecule has 2 aromatic rings. The maximum atomic E-state index is 12.8. The summed E-state index contributed by atoms with van der Waals surface area (Å²) in [7, 11) is 4.83. The Morgan fingerprint density at radius 2 is 1.86 bits per heavy atom. The number of rotatable bonds is 5. The molecule has 0 atom stereocenters. The first kappa shape index (κ1) is 18.9. The highest BCUT2D eigenvalue weighted by molar-refractivity contribution is 6.01. The molecule has 0 unspecified atom stereocenters. The average molecular weight is 398 g/mol. The number of likely N-dealkylation sites (N-methyl/N-ethyl adjacent to an activating group) is 1. The van der Waals surface area contributed by atoms with Crippen LogP contribution in [0.2, 0.25) is 0 Å². The lowest BCUT2D eigenvalue weighted by Gasteiger charge is -2.29. The van der Waals surface area contributed by atoms with Crippen molar-refractivity contribution in [3.8, 4) is 23.0 Å². The zero-order valence-electron chi connectivity index (χ0n) is 16.5. The SMILES string of the molecule is COc1ccc(C(=O)NCc2c3c(c(OC)c4c2OCO4)C(=O)N(C)CC3)cc1. The van der Waals surface area contributed by atoms with E-state index in [2.05, 4.69) is 5.32 Å². The molecule has 0 aromatic heterocycles. The maximum absolute atomic E-state index is 12.8. The van der Waals surface area contributed by atoms with Crippen LogP contribution >= 0.6 is 0 Å². The Morgan fingerprint density at radius 1 is 1.14 bits per heavy atom. The Balaban J connectivity index is 1.68. The molecule has 1 N–H and O–H groups in total. The van der Waals surface area contributed by atoms with Crippen molar-refractivity contribution in [2.75, 3.05) is 34.6 Å². The second-order valence-corrected chi connectivity index (χ2v) is 6.82. The molecule has 0 saturated carbocycles. The molecule has 0 fully saturated rings. The fourth-order valence-electron chi connectivity index (χ4n) is 3.68. The predicted molar refractivity (Wildman–Crippen MR) is 104 cm³/mol. The molecule has 0 bridgehead atoms. The molecule has 0 aliphatic carbocycles. The van der Waals surface area contributed by atoms with Crippen LogP contribution in [0.25, 0.3) is 0 Å². The van der Waals surface area contributed by atoms with Gasteiger partial charge in [-0.1, -0.05) is 0 Å². The van der Waals surface area contributed by atoms with Crippen LogP contribution in [0, 0.1) is 0 Å². The third-order valence-corrected chi connectivity index (χ3v) is 5.23. The number of hydrogen-bond acceptors (Lipinski definition) is 6. The van der Waals surface area contributed by atoms with Gasteiger partial charge >= 0.3 is 0 Å². The summed E-state index contributed by atoms with van der Waals surface area (Å²) in [6, 6.07) is 6.85. The zero-order valence-corrected chi connectivity index (χ0v) is 16.5. The Hall–Kier alpha value is -3.42. The minimum absolute atomic E-state index is 0.0397. The van der Waals surface area contributed by atoms with E-state index in [1.165, 1.54) is 7.11 Å². The first-order valence-corrected chi connectivity index (χ1v) is 9.24. The molecule has 0 saturated heterocycles. The summed E-state index contributed by atoms with van der Waals surface area (Å²) in [5.41, 5.74) is 2.55. The summed E-state index contributed by atoms with van der Waals surface area (Å²) in [5, 5.41) is 2.92. The normalized spacial score (nSPS) is 14.4. The first-order chi connectivity index (χ1) is 14.0. The largest absolute Gasteiger partial charge is 0.497 e. The van der Waals surface area contributed by atoms with Gasteiger partial charge in [0.05, 0.1) is 19.8 Å². The summed E-state index contributed by atoms with van der Waals surface area (Å²) in [4.78, 5) is 27.1. The third kappa shape index (κ3) is 3.20. The van der Waals surface area contributed by atoms with E-state index in [0.717, 1.165) is 11.1 Å². The zero-order chi connectivity index (χ0) is 20.5. The second kappa shape index (κ2) is 7.54. The molecule has 29 heavy (non-hydrogen) atoms. The van der Waals surface area contributed by atoms with E-state index in [1.807, 2.05) is 0 Å². The van der Waals surface area contributed by atoms with Gasteiger partial charge in [-0.25, -0.2) is 0 Å². The molecule has 4 rings (SSSR count). The lowest BCUT2D eigenvalue weighted by atomic mass is 9.91. The number of carbonyl (C=O) groups is 2. The van der Waals surface area contributed by atoms with Crippen molar-refractivity contribution in [3.05, 3.63) is 46.5 Å². The van der Waals surface area contributed by atoms with E-state index < -0.39 is 0 Å². The number of nitrogens with zero attached hydrogens (tertiary/aromatic N) is 1. The number of carbonyl (C=O) groups excluding carboxylic acids is 2. The van der Waals surface area contributed by atoms with E-state index in [1.54, 1.807) is 43.3 Å². The summed E-state index contributed by atoms with van der Waals surface area (Å²) in [6.07, 6.45) is 0.637. The van der Waals surface area contributed by atoms with Crippen molar-refractivity contribution in [2.45, 2.75) is 13.0 Å². The maximum Gasteiger partial charge on any atom is 0.257 e. The highest BCUT2D eigenvalue weighted by atomic mass is 16.7. The predicted octanol–water partition coefficient (Wildman–Crippen LogP) is 1.99. The van der Waals surface area contributed by atoms with Gasteiger partial charge in [-0.3, -0.25) is 9.59 Å². The Kier molecular flexibility index (Phi) is 4.92. The molecule has 152 valence electrons.